The molecule has 1 N–H and O–H groups in total. The van der Waals surface area contributed by atoms with Crippen molar-refractivity contribution < 1.29 is 9.90 Å². The fraction of sp³-hybridized carbons (Fsp3) is 0.864. The Labute approximate surface area is 147 Å². The number of carbonyl (C=O) groups is 1. The molecule has 0 bridgehead atoms. The normalized spacial score (nSPS) is 53.6. The van der Waals surface area contributed by atoms with E-state index >= 15 is 0 Å². The summed E-state index contributed by atoms with van der Waals surface area (Å²) in [7, 11) is 0. The SMILES string of the molecule is CC(=O)[C@@H]1[C@H](C)C[C@@H]2[C@H]3CC=C4C[C@@H](O)CC[C@]4(C)[C@@H]3CC[C@@]21C. The Morgan fingerprint density at radius 2 is 1.96 bits per heavy atom. The van der Waals surface area contributed by atoms with E-state index in [0.717, 1.165) is 31.1 Å². The first-order chi connectivity index (χ1) is 11.3. The van der Waals surface area contributed by atoms with E-state index in [0.29, 0.717) is 23.0 Å². The van der Waals surface area contributed by atoms with Gasteiger partial charge in [0.25, 0.3) is 0 Å². The summed E-state index contributed by atoms with van der Waals surface area (Å²) < 4.78 is 0. The first-order valence-electron chi connectivity index (χ1n) is 10.2. The predicted octanol–water partition coefficient (Wildman–Crippen LogP) is 4.76. The van der Waals surface area contributed by atoms with Crippen LogP contribution in [0, 0.1) is 40.4 Å². The summed E-state index contributed by atoms with van der Waals surface area (Å²) >= 11 is 0. The van der Waals surface area contributed by atoms with Crippen molar-refractivity contribution in [1.82, 2.24) is 0 Å². The molecule has 4 aliphatic rings. The van der Waals surface area contributed by atoms with Gasteiger partial charge in [-0.15, -0.1) is 0 Å². The van der Waals surface area contributed by atoms with Gasteiger partial charge in [-0.05, 0) is 86.4 Å². The van der Waals surface area contributed by atoms with Gasteiger partial charge in [0, 0.05) is 5.92 Å². The summed E-state index contributed by atoms with van der Waals surface area (Å²) in [5, 5.41) is 10.1. The third kappa shape index (κ3) is 2.14. The van der Waals surface area contributed by atoms with Crippen LogP contribution in [0.1, 0.15) is 72.6 Å². The molecule has 2 nitrogen and oxygen atoms in total. The van der Waals surface area contributed by atoms with Crippen molar-refractivity contribution in [2.75, 3.05) is 0 Å². The summed E-state index contributed by atoms with van der Waals surface area (Å²) in [4.78, 5) is 12.4. The van der Waals surface area contributed by atoms with Gasteiger partial charge >= 0.3 is 0 Å². The lowest BCUT2D eigenvalue weighted by Crippen LogP contribution is -2.51. The molecule has 0 aliphatic heterocycles. The summed E-state index contributed by atoms with van der Waals surface area (Å²) in [5.74, 6) is 3.46. The highest BCUT2D eigenvalue weighted by Crippen LogP contribution is 2.67. The van der Waals surface area contributed by atoms with E-state index in [1.165, 1.54) is 25.7 Å². The monoisotopic (exact) mass is 330 g/mol. The van der Waals surface area contributed by atoms with E-state index in [9.17, 15) is 9.90 Å². The second-order valence-electron chi connectivity index (χ2n) is 10.0. The number of hydrogen-bond donors (Lipinski definition) is 1. The largest absolute Gasteiger partial charge is 0.393 e. The van der Waals surface area contributed by atoms with Gasteiger partial charge in [0.05, 0.1) is 6.10 Å². The van der Waals surface area contributed by atoms with E-state index in [1.807, 2.05) is 6.92 Å². The quantitative estimate of drug-likeness (QED) is 0.704. The number of ketones is 1. The minimum atomic E-state index is -0.122. The van der Waals surface area contributed by atoms with E-state index in [2.05, 4.69) is 26.8 Å². The fourth-order valence-corrected chi connectivity index (χ4v) is 7.87. The highest BCUT2D eigenvalue weighted by atomic mass is 16.3. The maximum absolute atomic E-state index is 12.4. The van der Waals surface area contributed by atoms with Crippen molar-refractivity contribution in [3.8, 4) is 0 Å². The lowest BCUT2D eigenvalue weighted by atomic mass is 9.47. The Bertz CT molecular complexity index is 579. The Balaban J connectivity index is 1.68. The number of carbonyl (C=O) groups excluding carboxylic acids is 1. The van der Waals surface area contributed by atoms with E-state index in [4.69, 9.17) is 0 Å². The summed E-state index contributed by atoms with van der Waals surface area (Å²) in [6.45, 7) is 9.04. The molecule has 3 saturated carbocycles. The van der Waals surface area contributed by atoms with Gasteiger partial charge < -0.3 is 5.11 Å². The molecular weight excluding hydrogens is 296 g/mol. The lowest BCUT2D eigenvalue weighted by molar-refractivity contribution is -0.128. The Morgan fingerprint density at radius 3 is 2.67 bits per heavy atom. The number of hydrogen-bond acceptors (Lipinski definition) is 2. The van der Waals surface area contributed by atoms with Gasteiger partial charge in [-0.2, -0.15) is 0 Å². The van der Waals surface area contributed by atoms with Crippen molar-refractivity contribution >= 4 is 5.78 Å². The molecule has 8 atom stereocenters. The molecule has 4 rings (SSSR count). The van der Waals surface area contributed by atoms with Gasteiger partial charge in [0.1, 0.15) is 5.78 Å². The minimum absolute atomic E-state index is 0.122. The maximum atomic E-state index is 12.4. The topological polar surface area (TPSA) is 37.3 Å². The molecular formula is C22H34O2. The van der Waals surface area contributed by atoms with Crippen molar-refractivity contribution in [3.63, 3.8) is 0 Å². The molecule has 0 spiro atoms. The van der Waals surface area contributed by atoms with E-state index < -0.39 is 0 Å². The molecule has 0 aromatic carbocycles. The second-order valence-corrected chi connectivity index (χ2v) is 10.0. The Morgan fingerprint density at radius 1 is 1.21 bits per heavy atom. The zero-order valence-electron chi connectivity index (χ0n) is 15.8. The molecule has 0 amide bonds. The van der Waals surface area contributed by atoms with Crippen LogP contribution in [0.5, 0.6) is 0 Å². The summed E-state index contributed by atoms with van der Waals surface area (Å²) in [6.07, 6.45) is 10.3. The number of Topliss-reactive ketones (excluding diaryl/α,β-unsaturated/α-hetero) is 1. The van der Waals surface area contributed by atoms with Crippen LogP contribution in [0.3, 0.4) is 0 Å². The molecule has 0 aromatic heterocycles. The van der Waals surface area contributed by atoms with Crippen molar-refractivity contribution in [2.24, 2.45) is 40.4 Å². The molecule has 2 heteroatoms. The van der Waals surface area contributed by atoms with Gasteiger partial charge in [0.15, 0.2) is 0 Å². The number of fused-ring (bicyclic) bond motifs is 5. The van der Waals surface area contributed by atoms with Crippen LogP contribution in [-0.2, 0) is 4.79 Å². The lowest BCUT2D eigenvalue weighted by Gasteiger charge is -2.57. The molecule has 4 aliphatic carbocycles. The highest BCUT2D eigenvalue weighted by molar-refractivity contribution is 5.80. The predicted molar refractivity (Wildman–Crippen MR) is 96.4 cm³/mol. The highest BCUT2D eigenvalue weighted by Gasteiger charge is 2.61. The van der Waals surface area contributed by atoms with Gasteiger partial charge in [-0.25, -0.2) is 0 Å². The third-order valence-corrected chi connectivity index (χ3v) is 8.86. The second kappa shape index (κ2) is 5.43. The van der Waals surface area contributed by atoms with E-state index in [1.54, 1.807) is 5.57 Å². The molecule has 0 heterocycles. The maximum Gasteiger partial charge on any atom is 0.133 e. The zero-order chi connectivity index (χ0) is 17.3. The first-order valence-corrected chi connectivity index (χ1v) is 10.2. The van der Waals surface area contributed by atoms with Gasteiger partial charge in [-0.3, -0.25) is 4.79 Å². The molecule has 24 heavy (non-hydrogen) atoms. The summed E-state index contributed by atoms with van der Waals surface area (Å²) in [5.41, 5.74) is 2.07. The summed E-state index contributed by atoms with van der Waals surface area (Å²) in [6, 6.07) is 0. The smallest absolute Gasteiger partial charge is 0.133 e. The molecule has 0 aromatic rings. The molecule has 0 saturated heterocycles. The standard InChI is InChI=1S/C22H34O2/c1-13-11-19-17-6-5-15-12-16(24)7-9-21(15,3)18(17)8-10-22(19,4)20(13)14(2)23/h5,13,16-20,24H,6-12H2,1-4H3/t13-,16+,17+,18-,19-,20+,21+,22+/m1/s1. The number of aliphatic hydroxyl groups is 1. The number of aliphatic hydroxyl groups excluding tert-OH is 1. The van der Waals surface area contributed by atoms with Crippen molar-refractivity contribution in [2.45, 2.75) is 78.7 Å². The van der Waals surface area contributed by atoms with Crippen LogP contribution in [0.25, 0.3) is 0 Å². The number of allylic oxidation sites excluding steroid dienone is 1. The zero-order valence-corrected chi connectivity index (χ0v) is 15.8. The van der Waals surface area contributed by atoms with Crippen LogP contribution in [0.15, 0.2) is 11.6 Å². The van der Waals surface area contributed by atoms with Crippen LogP contribution < -0.4 is 0 Å². The van der Waals surface area contributed by atoms with Crippen molar-refractivity contribution in [3.05, 3.63) is 11.6 Å². The van der Waals surface area contributed by atoms with Crippen LogP contribution in [0.4, 0.5) is 0 Å². The Hall–Kier alpha value is -0.630. The molecule has 3 fully saturated rings. The van der Waals surface area contributed by atoms with E-state index in [-0.39, 0.29) is 17.4 Å². The average molecular weight is 331 g/mol. The molecule has 134 valence electrons. The van der Waals surface area contributed by atoms with Gasteiger partial charge in [0.2, 0.25) is 0 Å². The molecule has 0 unspecified atom stereocenters. The average Bonchev–Trinajstić information content (AvgIpc) is 2.78. The fourth-order valence-electron chi connectivity index (χ4n) is 7.87. The van der Waals surface area contributed by atoms with Crippen LogP contribution in [0.2, 0.25) is 0 Å². The van der Waals surface area contributed by atoms with Gasteiger partial charge in [-0.1, -0.05) is 32.4 Å². The molecule has 0 radical (unpaired) electrons. The Kier molecular flexibility index (Phi) is 3.81. The third-order valence-electron chi connectivity index (χ3n) is 8.86. The van der Waals surface area contributed by atoms with Crippen LogP contribution >= 0.6 is 0 Å². The number of rotatable bonds is 1. The van der Waals surface area contributed by atoms with Crippen LogP contribution in [-0.4, -0.2) is 17.0 Å². The van der Waals surface area contributed by atoms with Crippen molar-refractivity contribution in [1.29, 1.82) is 0 Å². The minimum Gasteiger partial charge on any atom is -0.393 e. The first kappa shape index (κ1) is 16.8.